The van der Waals surface area contributed by atoms with Crippen LogP contribution in [0, 0.1) is 16.0 Å². The monoisotopic (exact) mass is 313 g/mol. The van der Waals surface area contributed by atoms with E-state index in [1.807, 2.05) is 12.1 Å². The fraction of sp³-hybridized carbons (Fsp3) is 0.538. The Morgan fingerprint density at radius 2 is 1.94 bits per heavy atom. The quantitative estimate of drug-likeness (QED) is 0.487. The zero-order valence-electron chi connectivity index (χ0n) is 10.0. The van der Waals surface area contributed by atoms with Gasteiger partial charge in [0.25, 0.3) is 5.69 Å². The van der Waals surface area contributed by atoms with Crippen molar-refractivity contribution in [1.29, 1.82) is 0 Å². The minimum absolute atomic E-state index is 0.149. The molecule has 0 aromatic heterocycles. The molecular weight excluding hydrogens is 298 g/mol. The summed E-state index contributed by atoms with van der Waals surface area (Å²) in [7, 11) is 0. The standard InChI is InChI=1S/C13H16BrNO3/c14-13(11-5-7-18-8-6-11)9-10-1-3-12(4-2-10)15(16)17/h1-4,11,13H,5-9H2. The predicted octanol–water partition coefficient (Wildman–Crippen LogP) is 3.33. The molecule has 0 amide bonds. The molecule has 0 radical (unpaired) electrons. The first kappa shape index (κ1) is 13.5. The summed E-state index contributed by atoms with van der Waals surface area (Å²) >= 11 is 3.73. The number of halogens is 1. The van der Waals surface area contributed by atoms with Crippen LogP contribution >= 0.6 is 15.9 Å². The maximum Gasteiger partial charge on any atom is 0.269 e. The van der Waals surface area contributed by atoms with Gasteiger partial charge in [-0.1, -0.05) is 28.1 Å². The number of nitro groups is 1. The Hall–Kier alpha value is -0.940. The predicted molar refractivity (Wildman–Crippen MR) is 73.1 cm³/mol. The van der Waals surface area contributed by atoms with Gasteiger partial charge in [-0.3, -0.25) is 10.1 Å². The van der Waals surface area contributed by atoms with Gasteiger partial charge in [0, 0.05) is 30.2 Å². The number of nitrogens with zero attached hydrogens (tertiary/aromatic N) is 1. The van der Waals surface area contributed by atoms with Crippen molar-refractivity contribution in [3.63, 3.8) is 0 Å². The maximum atomic E-state index is 10.6. The van der Waals surface area contributed by atoms with Crippen LogP contribution in [0.2, 0.25) is 0 Å². The molecule has 1 fully saturated rings. The van der Waals surface area contributed by atoms with Crippen LogP contribution in [0.5, 0.6) is 0 Å². The van der Waals surface area contributed by atoms with Crippen LogP contribution in [0.4, 0.5) is 5.69 Å². The summed E-state index contributed by atoms with van der Waals surface area (Å²) in [5, 5.41) is 10.6. The minimum atomic E-state index is -0.367. The lowest BCUT2D eigenvalue weighted by Gasteiger charge is -2.26. The van der Waals surface area contributed by atoms with E-state index in [9.17, 15) is 10.1 Å². The highest BCUT2D eigenvalue weighted by Gasteiger charge is 2.22. The summed E-state index contributed by atoms with van der Waals surface area (Å²) in [5.74, 6) is 0.633. The van der Waals surface area contributed by atoms with E-state index in [2.05, 4.69) is 15.9 Å². The third-order valence-electron chi connectivity index (χ3n) is 3.36. The van der Waals surface area contributed by atoms with E-state index < -0.39 is 0 Å². The molecular formula is C13H16BrNO3. The fourth-order valence-electron chi connectivity index (χ4n) is 2.22. The number of nitro benzene ring substituents is 1. The summed E-state index contributed by atoms with van der Waals surface area (Å²) in [6, 6.07) is 6.81. The molecule has 1 atom stereocenters. The molecule has 0 N–H and O–H groups in total. The lowest BCUT2D eigenvalue weighted by molar-refractivity contribution is -0.384. The van der Waals surface area contributed by atoms with Gasteiger partial charge in [-0.05, 0) is 30.7 Å². The molecule has 1 saturated heterocycles. The highest BCUT2D eigenvalue weighted by molar-refractivity contribution is 9.09. The van der Waals surface area contributed by atoms with Crippen molar-refractivity contribution in [2.75, 3.05) is 13.2 Å². The third-order valence-corrected chi connectivity index (χ3v) is 4.43. The Kier molecular flexibility index (Phi) is 4.72. The average molecular weight is 314 g/mol. The van der Waals surface area contributed by atoms with Crippen LogP contribution in [-0.4, -0.2) is 23.0 Å². The van der Waals surface area contributed by atoms with Gasteiger partial charge in [0.05, 0.1) is 4.92 Å². The Bertz CT molecular complexity index is 401. The smallest absolute Gasteiger partial charge is 0.269 e. The molecule has 0 saturated carbocycles. The molecule has 0 bridgehead atoms. The molecule has 98 valence electrons. The number of hydrogen-bond acceptors (Lipinski definition) is 3. The molecule has 4 nitrogen and oxygen atoms in total. The van der Waals surface area contributed by atoms with Gasteiger partial charge in [-0.2, -0.15) is 0 Å². The Morgan fingerprint density at radius 3 is 2.50 bits per heavy atom. The first-order valence-corrected chi connectivity index (χ1v) is 7.03. The first-order chi connectivity index (χ1) is 8.66. The van der Waals surface area contributed by atoms with Gasteiger partial charge in [-0.25, -0.2) is 0 Å². The minimum Gasteiger partial charge on any atom is -0.381 e. The van der Waals surface area contributed by atoms with Crippen LogP contribution in [0.3, 0.4) is 0 Å². The van der Waals surface area contributed by atoms with Crippen molar-refractivity contribution in [1.82, 2.24) is 0 Å². The molecule has 1 aromatic rings. The molecule has 0 aliphatic carbocycles. The summed E-state index contributed by atoms with van der Waals surface area (Å²) in [4.78, 5) is 10.6. The largest absolute Gasteiger partial charge is 0.381 e. The highest BCUT2D eigenvalue weighted by Crippen LogP contribution is 2.27. The Morgan fingerprint density at radius 1 is 1.33 bits per heavy atom. The van der Waals surface area contributed by atoms with Gasteiger partial charge < -0.3 is 4.74 Å². The molecule has 1 aliphatic heterocycles. The van der Waals surface area contributed by atoms with E-state index in [-0.39, 0.29) is 10.6 Å². The molecule has 1 unspecified atom stereocenters. The molecule has 1 heterocycles. The van der Waals surface area contributed by atoms with E-state index in [0.717, 1.165) is 38.0 Å². The van der Waals surface area contributed by atoms with Crippen molar-refractivity contribution in [3.05, 3.63) is 39.9 Å². The number of non-ortho nitro benzene ring substituents is 1. The van der Waals surface area contributed by atoms with E-state index in [4.69, 9.17) is 4.74 Å². The maximum absolute atomic E-state index is 10.6. The second-order valence-corrected chi connectivity index (χ2v) is 5.77. The van der Waals surface area contributed by atoms with E-state index >= 15 is 0 Å². The van der Waals surface area contributed by atoms with Crippen LogP contribution in [0.1, 0.15) is 18.4 Å². The lowest BCUT2D eigenvalue weighted by atomic mass is 9.92. The summed E-state index contributed by atoms with van der Waals surface area (Å²) < 4.78 is 5.35. The van der Waals surface area contributed by atoms with E-state index in [1.54, 1.807) is 12.1 Å². The number of alkyl halides is 1. The Labute approximate surface area is 115 Å². The van der Waals surface area contributed by atoms with Crippen molar-refractivity contribution < 1.29 is 9.66 Å². The second kappa shape index (κ2) is 6.29. The van der Waals surface area contributed by atoms with Crippen molar-refractivity contribution >= 4 is 21.6 Å². The zero-order chi connectivity index (χ0) is 13.0. The van der Waals surface area contributed by atoms with Gasteiger partial charge in [-0.15, -0.1) is 0 Å². The molecule has 1 aliphatic rings. The highest BCUT2D eigenvalue weighted by atomic mass is 79.9. The average Bonchev–Trinajstić information content (AvgIpc) is 2.40. The van der Waals surface area contributed by atoms with Crippen molar-refractivity contribution in [2.45, 2.75) is 24.1 Å². The number of hydrogen-bond donors (Lipinski definition) is 0. The number of rotatable bonds is 4. The van der Waals surface area contributed by atoms with Crippen LogP contribution in [-0.2, 0) is 11.2 Å². The fourth-order valence-corrected chi connectivity index (χ4v) is 3.13. The SMILES string of the molecule is O=[N+]([O-])c1ccc(CC(Br)C2CCOCC2)cc1. The molecule has 0 spiro atoms. The lowest BCUT2D eigenvalue weighted by Crippen LogP contribution is -2.24. The zero-order valence-corrected chi connectivity index (χ0v) is 11.6. The van der Waals surface area contributed by atoms with Crippen molar-refractivity contribution in [2.24, 2.45) is 5.92 Å². The normalized spacial score (nSPS) is 18.5. The van der Waals surface area contributed by atoms with Gasteiger partial charge in [0.2, 0.25) is 0 Å². The van der Waals surface area contributed by atoms with Gasteiger partial charge in [0.15, 0.2) is 0 Å². The topological polar surface area (TPSA) is 52.4 Å². The first-order valence-electron chi connectivity index (χ1n) is 6.12. The molecule has 18 heavy (non-hydrogen) atoms. The summed E-state index contributed by atoms with van der Waals surface area (Å²) in [6.45, 7) is 1.68. The van der Waals surface area contributed by atoms with Crippen LogP contribution < -0.4 is 0 Å². The van der Waals surface area contributed by atoms with Gasteiger partial charge >= 0.3 is 0 Å². The summed E-state index contributed by atoms with van der Waals surface area (Å²) in [5.41, 5.74) is 1.28. The van der Waals surface area contributed by atoms with E-state index in [1.165, 1.54) is 0 Å². The molecule has 1 aromatic carbocycles. The molecule has 5 heteroatoms. The molecule has 2 rings (SSSR count). The second-order valence-electron chi connectivity index (χ2n) is 4.59. The third kappa shape index (κ3) is 3.53. The van der Waals surface area contributed by atoms with Crippen LogP contribution in [0.15, 0.2) is 24.3 Å². The number of benzene rings is 1. The van der Waals surface area contributed by atoms with Crippen LogP contribution in [0.25, 0.3) is 0 Å². The Balaban J connectivity index is 1.93. The van der Waals surface area contributed by atoms with Crippen molar-refractivity contribution in [3.8, 4) is 0 Å². The van der Waals surface area contributed by atoms with Gasteiger partial charge in [0.1, 0.15) is 0 Å². The van der Waals surface area contributed by atoms with E-state index in [0.29, 0.717) is 10.7 Å². The number of ether oxygens (including phenoxy) is 1. The summed E-state index contributed by atoms with van der Waals surface area (Å²) in [6.07, 6.45) is 3.08.